The van der Waals surface area contributed by atoms with Crippen LogP contribution in [0.5, 0.6) is 5.75 Å². The van der Waals surface area contributed by atoms with Gasteiger partial charge in [-0.05, 0) is 48.2 Å². The smallest absolute Gasteiger partial charge is 0.223 e. The molecule has 1 atom stereocenters. The van der Waals surface area contributed by atoms with Gasteiger partial charge in [-0.1, -0.05) is 49.1 Å². The number of carbonyl (C=O) groups is 1. The lowest BCUT2D eigenvalue weighted by Gasteiger charge is -2.28. The predicted molar refractivity (Wildman–Crippen MR) is 118 cm³/mol. The van der Waals surface area contributed by atoms with Crippen LogP contribution in [0.2, 0.25) is 5.02 Å². The highest BCUT2D eigenvalue weighted by Gasteiger charge is 2.21. The number of methoxy groups -OCH3 is 1. The fraction of sp³-hybridized carbons (Fsp3) is 0.409. The van der Waals surface area contributed by atoms with Crippen LogP contribution >= 0.6 is 11.6 Å². The molecule has 2 aromatic rings. The Morgan fingerprint density at radius 1 is 1.17 bits per heavy atom. The van der Waals surface area contributed by atoms with Crippen molar-refractivity contribution in [2.75, 3.05) is 11.4 Å². The van der Waals surface area contributed by atoms with Gasteiger partial charge in [0.1, 0.15) is 5.75 Å². The van der Waals surface area contributed by atoms with Crippen LogP contribution in [0.1, 0.15) is 43.2 Å². The monoisotopic (exact) mass is 449 g/mol. The summed E-state index contributed by atoms with van der Waals surface area (Å²) in [6, 6.07) is 12.3. The standard InChI is InChI=1S/C22H27ClN2O4S/c1-29-21-12-9-17(14-24-22(26)18-5-3-2-4-6-18)13-20(21)25(30(27)28)15-16-7-10-19(23)11-8-16/h7-13,18H,2-6,14-15H2,1H3,(H,24,26)(H,27,28)/p-1. The van der Waals surface area contributed by atoms with Crippen molar-refractivity contribution in [2.45, 2.75) is 45.2 Å². The average molecular weight is 450 g/mol. The van der Waals surface area contributed by atoms with Crippen molar-refractivity contribution in [1.29, 1.82) is 0 Å². The maximum atomic E-state index is 12.4. The topological polar surface area (TPSA) is 81.7 Å². The number of ether oxygens (including phenoxy) is 1. The van der Waals surface area contributed by atoms with Crippen LogP contribution in [0.4, 0.5) is 5.69 Å². The number of hydrogen-bond donors (Lipinski definition) is 1. The molecule has 30 heavy (non-hydrogen) atoms. The van der Waals surface area contributed by atoms with Crippen LogP contribution in [-0.4, -0.2) is 21.8 Å². The van der Waals surface area contributed by atoms with E-state index >= 15 is 0 Å². The summed E-state index contributed by atoms with van der Waals surface area (Å²) in [6.45, 7) is 0.480. The largest absolute Gasteiger partial charge is 0.755 e. The van der Waals surface area contributed by atoms with E-state index in [0.29, 0.717) is 23.0 Å². The van der Waals surface area contributed by atoms with Crippen molar-refractivity contribution in [3.63, 3.8) is 0 Å². The zero-order chi connectivity index (χ0) is 21.5. The predicted octanol–water partition coefficient (Wildman–Crippen LogP) is 4.35. The van der Waals surface area contributed by atoms with E-state index in [0.717, 1.165) is 36.8 Å². The molecule has 0 saturated heterocycles. The molecule has 0 aromatic heterocycles. The SMILES string of the molecule is COc1ccc(CNC(=O)C2CCCCC2)cc1N(Cc1ccc(Cl)cc1)S(=O)[O-]. The molecule has 6 nitrogen and oxygen atoms in total. The van der Waals surface area contributed by atoms with Crippen molar-refractivity contribution in [3.05, 3.63) is 58.6 Å². The number of nitrogens with one attached hydrogen (secondary N) is 1. The van der Waals surface area contributed by atoms with Crippen LogP contribution in [0.25, 0.3) is 0 Å². The molecule has 2 aromatic carbocycles. The normalized spacial score (nSPS) is 15.4. The van der Waals surface area contributed by atoms with Gasteiger partial charge in [-0.25, -0.2) is 0 Å². The molecule has 0 aliphatic heterocycles. The second-order valence-electron chi connectivity index (χ2n) is 7.44. The number of amides is 1. The van der Waals surface area contributed by atoms with Gasteiger partial charge >= 0.3 is 0 Å². The highest BCUT2D eigenvalue weighted by atomic mass is 35.5. The number of hydrogen-bond acceptors (Lipinski definition) is 4. The Kier molecular flexibility index (Phi) is 8.13. The van der Waals surface area contributed by atoms with E-state index in [2.05, 4.69) is 5.32 Å². The lowest BCUT2D eigenvalue weighted by Crippen LogP contribution is -2.31. The third-order valence-electron chi connectivity index (χ3n) is 5.37. The molecule has 0 radical (unpaired) electrons. The van der Waals surface area contributed by atoms with Crippen LogP contribution in [0, 0.1) is 5.92 Å². The van der Waals surface area contributed by atoms with Gasteiger partial charge in [-0.3, -0.25) is 13.3 Å². The second kappa shape index (κ2) is 10.8. The van der Waals surface area contributed by atoms with Crippen LogP contribution in [0.3, 0.4) is 0 Å². The molecule has 1 aliphatic carbocycles. The minimum Gasteiger partial charge on any atom is -0.755 e. The summed E-state index contributed by atoms with van der Waals surface area (Å²) >= 11 is 3.41. The van der Waals surface area contributed by atoms with Gasteiger partial charge in [0.05, 0.1) is 19.3 Å². The molecule has 0 spiro atoms. The molecule has 1 aliphatic rings. The number of anilines is 1. The summed E-state index contributed by atoms with van der Waals surface area (Å²) in [4.78, 5) is 12.4. The Hall–Kier alpha value is -2.09. The summed E-state index contributed by atoms with van der Waals surface area (Å²) in [7, 11) is 1.50. The Morgan fingerprint density at radius 3 is 2.47 bits per heavy atom. The van der Waals surface area contributed by atoms with Crippen molar-refractivity contribution in [1.82, 2.24) is 5.32 Å². The van der Waals surface area contributed by atoms with Gasteiger partial charge in [-0.2, -0.15) is 0 Å². The maximum absolute atomic E-state index is 12.4. The van der Waals surface area contributed by atoms with Gasteiger partial charge in [0.2, 0.25) is 5.91 Å². The number of halogens is 1. The molecular weight excluding hydrogens is 424 g/mol. The first-order valence-electron chi connectivity index (χ1n) is 10.0. The molecule has 0 heterocycles. The first-order valence-corrected chi connectivity index (χ1v) is 11.4. The fourth-order valence-corrected chi connectivity index (χ4v) is 4.40. The molecule has 1 N–H and O–H groups in total. The summed E-state index contributed by atoms with van der Waals surface area (Å²) in [5.41, 5.74) is 2.02. The van der Waals surface area contributed by atoms with E-state index < -0.39 is 11.3 Å². The van der Waals surface area contributed by atoms with Crippen LogP contribution < -0.4 is 14.4 Å². The number of carbonyl (C=O) groups excluding carboxylic acids is 1. The highest BCUT2D eigenvalue weighted by Crippen LogP contribution is 2.32. The number of benzene rings is 2. The second-order valence-corrected chi connectivity index (χ2v) is 8.75. The molecule has 1 amide bonds. The first-order chi connectivity index (χ1) is 14.5. The van der Waals surface area contributed by atoms with E-state index in [9.17, 15) is 13.6 Å². The molecular formula is C22H26ClN2O4S-. The Morgan fingerprint density at radius 2 is 1.83 bits per heavy atom. The van der Waals surface area contributed by atoms with E-state index in [1.165, 1.54) is 17.8 Å². The first kappa shape index (κ1) is 22.6. The zero-order valence-corrected chi connectivity index (χ0v) is 18.5. The average Bonchev–Trinajstić information content (AvgIpc) is 2.77. The zero-order valence-electron chi connectivity index (χ0n) is 16.9. The van der Waals surface area contributed by atoms with Crippen molar-refractivity contribution in [3.8, 4) is 5.75 Å². The third kappa shape index (κ3) is 5.97. The Labute approximate surface area is 185 Å². The van der Waals surface area contributed by atoms with Crippen molar-refractivity contribution in [2.24, 2.45) is 5.92 Å². The van der Waals surface area contributed by atoms with Crippen molar-refractivity contribution < 1.29 is 18.3 Å². The third-order valence-corrected chi connectivity index (χ3v) is 6.31. The molecule has 1 fully saturated rings. The summed E-state index contributed by atoms with van der Waals surface area (Å²) in [5, 5.41) is 3.58. The van der Waals surface area contributed by atoms with Crippen LogP contribution in [0.15, 0.2) is 42.5 Å². The Balaban J connectivity index is 1.76. The van der Waals surface area contributed by atoms with Gasteiger partial charge < -0.3 is 14.6 Å². The van der Waals surface area contributed by atoms with E-state index in [-0.39, 0.29) is 18.4 Å². The highest BCUT2D eigenvalue weighted by molar-refractivity contribution is 7.80. The molecule has 1 unspecified atom stereocenters. The van der Waals surface area contributed by atoms with Gasteiger partial charge in [0, 0.05) is 28.8 Å². The minimum atomic E-state index is -2.51. The summed E-state index contributed by atoms with van der Waals surface area (Å²) < 4.78 is 30.6. The Bertz CT molecular complexity index is 885. The number of nitrogens with zero attached hydrogens (tertiary/aromatic N) is 1. The van der Waals surface area contributed by atoms with E-state index in [1.807, 2.05) is 6.07 Å². The summed E-state index contributed by atoms with van der Waals surface area (Å²) in [6.07, 6.45) is 5.26. The van der Waals surface area contributed by atoms with Crippen molar-refractivity contribution >= 4 is 34.5 Å². The van der Waals surface area contributed by atoms with Gasteiger partial charge in [0.25, 0.3) is 0 Å². The minimum absolute atomic E-state index is 0.0671. The van der Waals surface area contributed by atoms with Crippen LogP contribution in [-0.2, 0) is 29.2 Å². The fourth-order valence-electron chi connectivity index (χ4n) is 3.71. The van der Waals surface area contributed by atoms with Gasteiger partial charge in [-0.15, -0.1) is 0 Å². The molecule has 1 saturated carbocycles. The lowest BCUT2D eigenvalue weighted by atomic mass is 9.88. The lowest BCUT2D eigenvalue weighted by molar-refractivity contribution is -0.126. The van der Waals surface area contributed by atoms with E-state index in [1.54, 1.807) is 36.4 Å². The number of rotatable bonds is 8. The quantitative estimate of drug-likeness (QED) is 0.607. The molecule has 8 heteroatoms. The van der Waals surface area contributed by atoms with Gasteiger partial charge in [0.15, 0.2) is 0 Å². The molecule has 0 bridgehead atoms. The summed E-state index contributed by atoms with van der Waals surface area (Å²) in [5.74, 6) is 0.583. The van der Waals surface area contributed by atoms with E-state index in [4.69, 9.17) is 16.3 Å². The molecule has 162 valence electrons. The molecule has 3 rings (SSSR count). The maximum Gasteiger partial charge on any atom is 0.223 e.